The van der Waals surface area contributed by atoms with Crippen LogP contribution in [0, 0.1) is 5.41 Å². The van der Waals surface area contributed by atoms with Gasteiger partial charge in [0, 0.05) is 12.0 Å². The van der Waals surface area contributed by atoms with E-state index in [1.807, 2.05) is 0 Å². The molecule has 2 rings (SSSR count). The van der Waals surface area contributed by atoms with Gasteiger partial charge in [-0.3, -0.25) is 0 Å². The minimum atomic E-state index is -1.52. The quantitative estimate of drug-likeness (QED) is 0.663. The molecule has 14 heavy (non-hydrogen) atoms. The first-order valence-electron chi connectivity index (χ1n) is 4.83. The summed E-state index contributed by atoms with van der Waals surface area (Å²) in [5, 5.41) is 21.8. The molecule has 4 nitrogen and oxygen atoms in total. The average molecular weight is 197 g/mol. The highest BCUT2D eigenvalue weighted by atomic mass is 16.5. The Kier molecular flexibility index (Phi) is 2.12. The average Bonchev–Trinajstić information content (AvgIpc) is 2.44. The molecule has 1 aliphatic carbocycles. The van der Waals surface area contributed by atoms with Crippen molar-refractivity contribution in [3.05, 3.63) is 17.0 Å². The second-order valence-corrected chi connectivity index (χ2v) is 4.68. The molecule has 2 N–H and O–H groups in total. The highest BCUT2D eigenvalue weighted by Gasteiger charge is 2.32. The lowest BCUT2D eigenvalue weighted by Gasteiger charge is -2.28. The van der Waals surface area contributed by atoms with Crippen molar-refractivity contribution in [3.8, 4) is 0 Å². The zero-order chi connectivity index (χ0) is 10.3. The first-order chi connectivity index (χ1) is 6.49. The van der Waals surface area contributed by atoms with E-state index in [-0.39, 0.29) is 11.1 Å². The number of hydrogen-bond donors (Lipinski definition) is 2. The molecule has 4 heteroatoms. The molecular formula is C10H15NO3. The summed E-state index contributed by atoms with van der Waals surface area (Å²) in [5.41, 5.74) is 1.37. The van der Waals surface area contributed by atoms with Gasteiger partial charge < -0.3 is 14.7 Å². The number of hydrogen-bond acceptors (Lipinski definition) is 4. The first kappa shape index (κ1) is 9.68. The Hall–Kier alpha value is -0.870. The molecular weight excluding hydrogens is 182 g/mol. The lowest BCUT2D eigenvalue weighted by atomic mass is 9.76. The van der Waals surface area contributed by atoms with Crippen LogP contribution in [-0.2, 0) is 12.8 Å². The number of aryl methyl sites for hydroxylation is 1. The third-order valence-corrected chi connectivity index (χ3v) is 2.83. The molecule has 0 radical (unpaired) electrons. The van der Waals surface area contributed by atoms with Gasteiger partial charge in [-0.15, -0.1) is 0 Å². The van der Waals surface area contributed by atoms with Crippen molar-refractivity contribution in [3.63, 3.8) is 0 Å². The van der Waals surface area contributed by atoms with Crippen LogP contribution in [0.5, 0.6) is 0 Å². The SMILES string of the molecule is CC1(C)CCc2onc(C(O)O)c2C1. The number of aromatic nitrogens is 1. The van der Waals surface area contributed by atoms with E-state index in [4.69, 9.17) is 14.7 Å². The third kappa shape index (κ3) is 1.55. The molecule has 78 valence electrons. The van der Waals surface area contributed by atoms with Crippen LogP contribution < -0.4 is 0 Å². The molecule has 0 atom stereocenters. The topological polar surface area (TPSA) is 66.5 Å². The fraction of sp³-hybridized carbons (Fsp3) is 0.700. The Morgan fingerprint density at radius 3 is 2.79 bits per heavy atom. The fourth-order valence-electron chi connectivity index (χ4n) is 1.96. The Morgan fingerprint density at radius 2 is 2.14 bits per heavy atom. The maximum Gasteiger partial charge on any atom is 0.199 e. The molecule has 1 heterocycles. The van der Waals surface area contributed by atoms with Crippen LogP contribution in [-0.4, -0.2) is 15.4 Å². The van der Waals surface area contributed by atoms with E-state index in [2.05, 4.69) is 19.0 Å². The minimum absolute atomic E-state index is 0.197. The lowest BCUT2D eigenvalue weighted by molar-refractivity contribution is -0.0483. The van der Waals surface area contributed by atoms with E-state index in [0.29, 0.717) is 0 Å². The monoisotopic (exact) mass is 197 g/mol. The normalized spacial score (nSPS) is 19.8. The molecule has 0 aliphatic heterocycles. The van der Waals surface area contributed by atoms with E-state index < -0.39 is 6.29 Å². The second kappa shape index (κ2) is 3.07. The number of aliphatic hydroxyl groups excluding tert-OH is 1. The molecule has 0 bridgehead atoms. The summed E-state index contributed by atoms with van der Waals surface area (Å²) in [7, 11) is 0. The Labute approximate surface area is 82.5 Å². The molecule has 0 saturated heterocycles. The molecule has 1 aliphatic rings. The highest BCUT2D eigenvalue weighted by molar-refractivity contribution is 5.27. The van der Waals surface area contributed by atoms with Gasteiger partial charge in [-0.1, -0.05) is 19.0 Å². The van der Waals surface area contributed by atoms with Gasteiger partial charge >= 0.3 is 0 Å². The molecule has 0 amide bonds. The van der Waals surface area contributed by atoms with Gasteiger partial charge in [-0.05, 0) is 18.3 Å². The van der Waals surface area contributed by atoms with Crippen molar-refractivity contribution in [2.24, 2.45) is 5.41 Å². The van der Waals surface area contributed by atoms with Gasteiger partial charge in [0.15, 0.2) is 6.29 Å². The van der Waals surface area contributed by atoms with E-state index in [9.17, 15) is 0 Å². The van der Waals surface area contributed by atoms with Crippen LogP contribution in [0.15, 0.2) is 4.52 Å². The van der Waals surface area contributed by atoms with Crippen molar-refractivity contribution in [2.75, 3.05) is 0 Å². The lowest BCUT2D eigenvalue weighted by Crippen LogP contribution is -2.22. The maximum atomic E-state index is 9.07. The summed E-state index contributed by atoms with van der Waals surface area (Å²) in [6.07, 6.45) is 1.17. The zero-order valence-corrected chi connectivity index (χ0v) is 8.45. The van der Waals surface area contributed by atoms with Gasteiger partial charge in [0.25, 0.3) is 0 Å². The molecule has 0 saturated carbocycles. The zero-order valence-electron chi connectivity index (χ0n) is 8.45. The summed E-state index contributed by atoms with van der Waals surface area (Å²) >= 11 is 0. The Balaban J connectivity index is 2.38. The number of fused-ring (bicyclic) bond motifs is 1. The summed E-state index contributed by atoms with van der Waals surface area (Å²) < 4.78 is 5.07. The van der Waals surface area contributed by atoms with Crippen LogP contribution in [0.25, 0.3) is 0 Å². The summed E-state index contributed by atoms with van der Waals surface area (Å²) in [4.78, 5) is 0. The van der Waals surface area contributed by atoms with Crippen LogP contribution in [0.4, 0.5) is 0 Å². The number of aliphatic hydroxyl groups is 2. The third-order valence-electron chi connectivity index (χ3n) is 2.83. The van der Waals surface area contributed by atoms with Crippen molar-refractivity contribution < 1.29 is 14.7 Å². The fourth-order valence-corrected chi connectivity index (χ4v) is 1.96. The van der Waals surface area contributed by atoms with Gasteiger partial charge in [-0.2, -0.15) is 0 Å². The van der Waals surface area contributed by atoms with Gasteiger partial charge in [0.2, 0.25) is 0 Å². The summed E-state index contributed by atoms with van der Waals surface area (Å²) in [6.45, 7) is 4.33. The smallest absolute Gasteiger partial charge is 0.199 e. The van der Waals surface area contributed by atoms with Gasteiger partial charge in [0.05, 0.1) is 0 Å². The van der Waals surface area contributed by atoms with Crippen LogP contribution in [0.2, 0.25) is 0 Å². The standard InChI is InChI=1S/C10H15NO3/c1-10(2)4-3-7-6(5-10)8(9(12)13)11-14-7/h9,12-13H,3-5H2,1-2H3. The minimum Gasteiger partial charge on any atom is -0.363 e. The summed E-state index contributed by atoms with van der Waals surface area (Å²) in [5.74, 6) is 0.812. The highest BCUT2D eigenvalue weighted by Crippen LogP contribution is 2.37. The van der Waals surface area contributed by atoms with Crippen molar-refractivity contribution in [1.82, 2.24) is 5.16 Å². The van der Waals surface area contributed by atoms with E-state index in [1.165, 1.54) is 0 Å². The molecule has 0 spiro atoms. The molecule has 1 aromatic rings. The Morgan fingerprint density at radius 1 is 1.43 bits per heavy atom. The van der Waals surface area contributed by atoms with Crippen molar-refractivity contribution in [2.45, 2.75) is 39.4 Å². The number of rotatable bonds is 1. The largest absolute Gasteiger partial charge is 0.363 e. The van der Waals surface area contributed by atoms with Gasteiger partial charge in [0.1, 0.15) is 11.5 Å². The van der Waals surface area contributed by atoms with Gasteiger partial charge in [-0.25, -0.2) is 0 Å². The van der Waals surface area contributed by atoms with Crippen molar-refractivity contribution in [1.29, 1.82) is 0 Å². The van der Waals surface area contributed by atoms with Crippen LogP contribution >= 0.6 is 0 Å². The van der Waals surface area contributed by atoms with Crippen molar-refractivity contribution >= 4 is 0 Å². The predicted molar refractivity (Wildman–Crippen MR) is 49.5 cm³/mol. The molecule has 0 aromatic carbocycles. The molecule has 1 aromatic heterocycles. The summed E-state index contributed by atoms with van der Waals surface area (Å²) in [6, 6.07) is 0. The maximum absolute atomic E-state index is 9.07. The van der Waals surface area contributed by atoms with Crippen LogP contribution in [0.3, 0.4) is 0 Å². The predicted octanol–water partition coefficient (Wildman–Crippen LogP) is 1.17. The van der Waals surface area contributed by atoms with E-state index in [1.54, 1.807) is 0 Å². The molecule has 0 unspecified atom stereocenters. The van der Waals surface area contributed by atoms with Crippen LogP contribution in [0.1, 0.15) is 43.6 Å². The number of nitrogens with zero attached hydrogens (tertiary/aromatic N) is 1. The van der Waals surface area contributed by atoms with E-state index >= 15 is 0 Å². The van der Waals surface area contributed by atoms with E-state index in [0.717, 1.165) is 30.6 Å². The Bertz CT molecular complexity index is 341. The first-order valence-corrected chi connectivity index (χ1v) is 4.83. The second-order valence-electron chi connectivity index (χ2n) is 4.68. The molecule has 0 fully saturated rings.